The number of nitrogens with one attached hydrogen (secondary N) is 1. The minimum absolute atomic E-state index is 0.0661. The van der Waals surface area contributed by atoms with Gasteiger partial charge < -0.3 is 11.1 Å². The standard InChI is InChI=1S/C14H11F3N2O.C2H6/c1-7-2-3-11(9(15)4-7)19-14-12(17)10(16)5-8(6-20)13(14)18;1-2/h2-6,19H,18H2,1H3;1-2H3. The van der Waals surface area contributed by atoms with Crippen molar-refractivity contribution in [2.75, 3.05) is 11.1 Å². The molecule has 0 aromatic heterocycles. The number of carbonyl (C=O) groups excluding carboxylic acids is 1. The number of benzene rings is 2. The van der Waals surface area contributed by atoms with Crippen molar-refractivity contribution in [1.29, 1.82) is 0 Å². The highest BCUT2D eigenvalue weighted by Crippen LogP contribution is 2.31. The van der Waals surface area contributed by atoms with Crippen LogP contribution < -0.4 is 11.1 Å². The number of carbonyl (C=O) groups is 1. The van der Waals surface area contributed by atoms with Crippen molar-refractivity contribution < 1.29 is 18.0 Å². The molecular weight excluding hydrogens is 293 g/mol. The maximum Gasteiger partial charge on any atom is 0.184 e. The van der Waals surface area contributed by atoms with Gasteiger partial charge in [-0.1, -0.05) is 19.9 Å². The Kier molecular flexibility index (Phi) is 5.98. The van der Waals surface area contributed by atoms with Gasteiger partial charge in [-0.3, -0.25) is 4.79 Å². The topological polar surface area (TPSA) is 55.1 Å². The fraction of sp³-hybridized carbons (Fsp3) is 0.188. The van der Waals surface area contributed by atoms with Gasteiger partial charge in [0, 0.05) is 5.56 Å². The number of anilines is 3. The zero-order valence-electron chi connectivity index (χ0n) is 12.5. The Hall–Kier alpha value is -2.50. The summed E-state index contributed by atoms with van der Waals surface area (Å²) in [7, 11) is 0. The molecule has 2 rings (SSSR count). The smallest absolute Gasteiger partial charge is 0.184 e. The lowest BCUT2D eigenvalue weighted by molar-refractivity contribution is 0.112. The van der Waals surface area contributed by atoms with Gasteiger partial charge >= 0.3 is 0 Å². The summed E-state index contributed by atoms with van der Waals surface area (Å²) in [5.74, 6) is -3.15. The van der Waals surface area contributed by atoms with E-state index in [-0.39, 0.29) is 16.9 Å². The molecule has 0 saturated heterocycles. The van der Waals surface area contributed by atoms with Crippen LogP contribution in [-0.4, -0.2) is 6.29 Å². The van der Waals surface area contributed by atoms with Crippen molar-refractivity contribution in [3.05, 3.63) is 52.8 Å². The van der Waals surface area contributed by atoms with E-state index < -0.39 is 23.1 Å². The van der Waals surface area contributed by atoms with Crippen LogP contribution in [0.25, 0.3) is 0 Å². The molecule has 0 saturated carbocycles. The maximum absolute atomic E-state index is 13.7. The number of nitrogens with two attached hydrogens (primary N) is 1. The molecule has 0 aliphatic carbocycles. The van der Waals surface area contributed by atoms with Crippen molar-refractivity contribution in [3.63, 3.8) is 0 Å². The average molecular weight is 310 g/mol. The van der Waals surface area contributed by atoms with Crippen molar-refractivity contribution in [2.24, 2.45) is 0 Å². The normalized spacial score (nSPS) is 9.73. The van der Waals surface area contributed by atoms with Crippen molar-refractivity contribution >= 4 is 23.3 Å². The van der Waals surface area contributed by atoms with Crippen molar-refractivity contribution in [3.8, 4) is 0 Å². The van der Waals surface area contributed by atoms with Gasteiger partial charge in [0.1, 0.15) is 11.5 Å². The quantitative estimate of drug-likeness (QED) is 0.644. The minimum Gasteiger partial charge on any atom is -0.396 e. The first-order valence-electron chi connectivity index (χ1n) is 6.70. The van der Waals surface area contributed by atoms with E-state index in [4.69, 9.17) is 5.73 Å². The van der Waals surface area contributed by atoms with Crippen LogP contribution in [0.2, 0.25) is 0 Å². The van der Waals surface area contributed by atoms with Crippen LogP contribution >= 0.6 is 0 Å². The van der Waals surface area contributed by atoms with Gasteiger partial charge in [-0.2, -0.15) is 0 Å². The molecule has 0 aliphatic rings. The summed E-state index contributed by atoms with van der Waals surface area (Å²) < 4.78 is 40.8. The molecule has 0 amide bonds. The van der Waals surface area contributed by atoms with Crippen LogP contribution in [-0.2, 0) is 0 Å². The molecule has 0 bridgehead atoms. The molecule has 2 aromatic carbocycles. The van der Waals surface area contributed by atoms with E-state index in [1.54, 1.807) is 13.0 Å². The van der Waals surface area contributed by atoms with E-state index in [9.17, 15) is 18.0 Å². The fourth-order valence-corrected chi connectivity index (χ4v) is 1.74. The van der Waals surface area contributed by atoms with Gasteiger partial charge in [-0.05, 0) is 30.7 Å². The van der Waals surface area contributed by atoms with Crippen LogP contribution in [0.1, 0.15) is 29.8 Å². The Morgan fingerprint density at radius 1 is 1.09 bits per heavy atom. The van der Waals surface area contributed by atoms with E-state index in [1.165, 1.54) is 12.1 Å². The largest absolute Gasteiger partial charge is 0.396 e. The highest BCUT2D eigenvalue weighted by atomic mass is 19.2. The first-order chi connectivity index (χ1) is 10.4. The summed E-state index contributed by atoms with van der Waals surface area (Å²) in [5, 5.41) is 2.38. The minimum atomic E-state index is -1.27. The first-order valence-corrected chi connectivity index (χ1v) is 6.70. The number of rotatable bonds is 3. The third-order valence-corrected chi connectivity index (χ3v) is 2.80. The monoisotopic (exact) mass is 310 g/mol. The van der Waals surface area contributed by atoms with Crippen molar-refractivity contribution in [1.82, 2.24) is 0 Å². The molecule has 0 fully saturated rings. The van der Waals surface area contributed by atoms with Crippen LogP contribution in [0.3, 0.4) is 0 Å². The molecule has 0 atom stereocenters. The summed E-state index contributed by atoms with van der Waals surface area (Å²) in [5.41, 5.74) is 5.23. The van der Waals surface area contributed by atoms with Gasteiger partial charge in [0.25, 0.3) is 0 Å². The number of hydrogen-bond acceptors (Lipinski definition) is 3. The average Bonchev–Trinajstić information content (AvgIpc) is 2.51. The van der Waals surface area contributed by atoms with Gasteiger partial charge in [-0.15, -0.1) is 0 Å². The molecule has 0 radical (unpaired) electrons. The zero-order chi connectivity index (χ0) is 16.9. The molecule has 0 unspecified atom stereocenters. The zero-order valence-corrected chi connectivity index (χ0v) is 12.5. The SMILES string of the molecule is CC.Cc1ccc(Nc2c(N)c(C=O)cc(F)c2F)c(F)c1. The van der Waals surface area contributed by atoms with E-state index in [0.717, 1.165) is 0 Å². The summed E-state index contributed by atoms with van der Waals surface area (Å²) in [6.45, 7) is 5.69. The van der Waals surface area contributed by atoms with Gasteiger partial charge in [0.2, 0.25) is 0 Å². The molecule has 22 heavy (non-hydrogen) atoms. The molecule has 0 spiro atoms. The third kappa shape index (κ3) is 3.58. The molecule has 3 N–H and O–H groups in total. The van der Waals surface area contributed by atoms with E-state index in [0.29, 0.717) is 17.9 Å². The molecule has 2 aromatic rings. The predicted octanol–water partition coefficient (Wildman–Crippen LogP) is 4.58. The van der Waals surface area contributed by atoms with Gasteiger partial charge in [0.15, 0.2) is 17.9 Å². The highest BCUT2D eigenvalue weighted by Gasteiger charge is 2.17. The number of nitrogen functional groups attached to an aromatic ring is 1. The van der Waals surface area contributed by atoms with E-state index in [2.05, 4.69) is 5.32 Å². The Bertz CT molecular complexity index is 688. The Labute approximate surface area is 127 Å². The summed E-state index contributed by atoms with van der Waals surface area (Å²) in [6, 6.07) is 4.89. The third-order valence-electron chi connectivity index (χ3n) is 2.80. The fourth-order valence-electron chi connectivity index (χ4n) is 1.74. The van der Waals surface area contributed by atoms with E-state index >= 15 is 0 Å². The number of aldehydes is 1. The lowest BCUT2D eigenvalue weighted by atomic mass is 10.1. The van der Waals surface area contributed by atoms with Gasteiger partial charge in [0.05, 0.1) is 11.4 Å². The molecule has 6 heteroatoms. The predicted molar refractivity (Wildman–Crippen MR) is 81.9 cm³/mol. The second-order valence-electron chi connectivity index (χ2n) is 4.28. The lowest BCUT2D eigenvalue weighted by Crippen LogP contribution is -2.06. The van der Waals surface area contributed by atoms with Crippen LogP contribution in [0.15, 0.2) is 24.3 Å². The molecule has 3 nitrogen and oxygen atoms in total. The summed E-state index contributed by atoms with van der Waals surface area (Å²) in [6.07, 6.45) is 0.300. The maximum atomic E-state index is 13.7. The highest BCUT2D eigenvalue weighted by molar-refractivity contribution is 5.90. The van der Waals surface area contributed by atoms with Crippen LogP contribution in [0.5, 0.6) is 0 Å². The van der Waals surface area contributed by atoms with Crippen molar-refractivity contribution in [2.45, 2.75) is 20.8 Å². The molecule has 0 aliphatic heterocycles. The second kappa shape index (κ2) is 7.49. The molecule has 0 heterocycles. The van der Waals surface area contributed by atoms with Gasteiger partial charge in [-0.25, -0.2) is 13.2 Å². The summed E-state index contributed by atoms with van der Waals surface area (Å²) in [4.78, 5) is 10.7. The Balaban J connectivity index is 0.00000116. The molecular formula is C16H17F3N2O. The number of aryl methyl sites for hydroxylation is 1. The number of halogens is 3. The lowest BCUT2D eigenvalue weighted by Gasteiger charge is -2.13. The second-order valence-corrected chi connectivity index (χ2v) is 4.28. The number of hydrogen-bond donors (Lipinski definition) is 2. The van der Waals surface area contributed by atoms with Crippen LogP contribution in [0.4, 0.5) is 30.2 Å². The Morgan fingerprint density at radius 3 is 2.27 bits per heavy atom. The summed E-state index contributed by atoms with van der Waals surface area (Å²) >= 11 is 0. The van der Waals surface area contributed by atoms with Crippen LogP contribution in [0, 0.1) is 24.4 Å². The van der Waals surface area contributed by atoms with E-state index in [1.807, 2.05) is 13.8 Å². The first kappa shape index (κ1) is 17.6. The Morgan fingerprint density at radius 2 is 1.73 bits per heavy atom. The molecule has 118 valence electrons.